The summed E-state index contributed by atoms with van der Waals surface area (Å²) in [4.78, 5) is 3.55. The molecule has 0 atom stereocenters. The van der Waals surface area contributed by atoms with Crippen LogP contribution in [0.1, 0.15) is 5.56 Å². The lowest BCUT2D eigenvalue weighted by atomic mass is 10.1. The van der Waals surface area contributed by atoms with Crippen LogP contribution in [0.5, 0.6) is 0 Å². The molecule has 24 heavy (non-hydrogen) atoms. The largest absolute Gasteiger partial charge is 0.310 e. The van der Waals surface area contributed by atoms with Gasteiger partial charge >= 0.3 is 0 Å². The van der Waals surface area contributed by atoms with E-state index in [9.17, 15) is 5.26 Å². The molecule has 0 aliphatic heterocycles. The second kappa shape index (κ2) is 5.53. The molecule has 3 nitrogen and oxygen atoms in total. The maximum absolute atomic E-state index is 9.20. The lowest BCUT2D eigenvalue weighted by Gasteiger charge is -2.09. The number of benzene rings is 3. The van der Waals surface area contributed by atoms with Gasteiger partial charge in [0.1, 0.15) is 0 Å². The van der Waals surface area contributed by atoms with Crippen molar-refractivity contribution in [3.63, 3.8) is 0 Å². The minimum Gasteiger partial charge on any atom is -0.310 e. The molecule has 0 aliphatic carbocycles. The molecule has 3 aromatic carbocycles. The summed E-state index contributed by atoms with van der Waals surface area (Å²) >= 11 is 3.49. The van der Waals surface area contributed by atoms with Crippen molar-refractivity contribution in [2.45, 2.75) is 0 Å². The average Bonchev–Trinajstić information content (AvgIpc) is 2.94. The van der Waals surface area contributed by atoms with E-state index in [0.29, 0.717) is 11.3 Å². The van der Waals surface area contributed by atoms with Crippen molar-refractivity contribution in [1.29, 1.82) is 5.26 Å². The number of hydrogen-bond acceptors (Lipinski definition) is 1. The maximum atomic E-state index is 9.20. The van der Waals surface area contributed by atoms with Crippen LogP contribution in [0.25, 0.3) is 32.3 Å². The van der Waals surface area contributed by atoms with Gasteiger partial charge in [-0.1, -0.05) is 34.1 Å². The molecule has 0 spiro atoms. The number of halogens is 1. The first kappa shape index (κ1) is 14.5. The van der Waals surface area contributed by atoms with Crippen LogP contribution in [0.15, 0.2) is 65.1 Å². The predicted molar refractivity (Wildman–Crippen MR) is 99.5 cm³/mol. The summed E-state index contributed by atoms with van der Waals surface area (Å²) in [5, 5.41) is 11.3. The zero-order chi connectivity index (χ0) is 16.7. The Morgan fingerprint density at radius 3 is 2.54 bits per heavy atom. The van der Waals surface area contributed by atoms with Gasteiger partial charge in [-0.25, -0.2) is 4.85 Å². The Labute approximate surface area is 147 Å². The highest BCUT2D eigenvalue weighted by molar-refractivity contribution is 9.10. The monoisotopic (exact) mass is 371 g/mol. The van der Waals surface area contributed by atoms with Gasteiger partial charge in [0.15, 0.2) is 5.69 Å². The van der Waals surface area contributed by atoms with E-state index in [1.807, 2.05) is 42.5 Å². The van der Waals surface area contributed by atoms with Crippen molar-refractivity contribution in [3.8, 4) is 11.8 Å². The van der Waals surface area contributed by atoms with Gasteiger partial charge in [-0.05, 0) is 42.5 Å². The van der Waals surface area contributed by atoms with Crippen molar-refractivity contribution < 1.29 is 0 Å². The maximum Gasteiger partial charge on any atom is 0.190 e. The van der Waals surface area contributed by atoms with Gasteiger partial charge in [0, 0.05) is 20.9 Å². The number of aromatic nitrogens is 1. The molecular formula is C20H10BrN3. The highest BCUT2D eigenvalue weighted by atomic mass is 79.9. The third-order valence-corrected chi connectivity index (χ3v) is 4.51. The first-order valence-electron chi connectivity index (χ1n) is 7.33. The van der Waals surface area contributed by atoms with E-state index in [1.165, 1.54) is 0 Å². The van der Waals surface area contributed by atoms with E-state index in [-0.39, 0.29) is 0 Å². The summed E-state index contributed by atoms with van der Waals surface area (Å²) in [6, 6.07) is 21.7. The fourth-order valence-corrected chi connectivity index (χ4v) is 3.54. The molecule has 112 valence electrons. The molecule has 0 unspecified atom stereocenters. The van der Waals surface area contributed by atoms with Crippen LogP contribution in [0.4, 0.5) is 5.69 Å². The van der Waals surface area contributed by atoms with Gasteiger partial charge in [0.2, 0.25) is 0 Å². The molecule has 4 aromatic rings. The lowest BCUT2D eigenvalue weighted by molar-refractivity contribution is 1.18. The number of rotatable bonds is 1. The van der Waals surface area contributed by atoms with Crippen LogP contribution in [-0.2, 0) is 0 Å². The number of hydrogen-bond donors (Lipinski definition) is 0. The molecule has 0 amide bonds. The quantitative estimate of drug-likeness (QED) is 0.379. The summed E-state index contributed by atoms with van der Waals surface area (Å²) < 4.78 is 3.00. The van der Waals surface area contributed by atoms with Crippen molar-refractivity contribution in [1.82, 2.24) is 4.57 Å². The normalized spacial score (nSPS) is 10.6. The second-order valence-corrected chi connectivity index (χ2v) is 6.39. The van der Waals surface area contributed by atoms with Gasteiger partial charge in [0.25, 0.3) is 0 Å². The molecule has 0 fully saturated rings. The molecule has 4 heteroatoms. The van der Waals surface area contributed by atoms with Crippen LogP contribution in [-0.4, -0.2) is 4.57 Å². The topological polar surface area (TPSA) is 33.1 Å². The zero-order valence-electron chi connectivity index (χ0n) is 12.5. The SMILES string of the molecule is [C-]#[N+]c1cc(Br)cc(-n2c3ccccc3c3cc(C#N)ccc32)c1. The van der Waals surface area contributed by atoms with E-state index in [1.54, 1.807) is 6.07 Å². The van der Waals surface area contributed by atoms with Crippen LogP contribution in [0.2, 0.25) is 0 Å². The Hall–Kier alpha value is -3.08. The summed E-state index contributed by atoms with van der Waals surface area (Å²) in [6.45, 7) is 7.30. The van der Waals surface area contributed by atoms with E-state index < -0.39 is 0 Å². The Kier molecular flexibility index (Phi) is 3.34. The summed E-state index contributed by atoms with van der Waals surface area (Å²) in [5.41, 5.74) is 4.22. The fourth-order valence-electron chi connectivity index (χ4n) is 3.07. The van der Waals surface area contributed by atoms with E-state index in [4.69, 9.17) is 6.57 Å². The van der Waals surface area contributed by atoms with Crippen molar-refractivity contribution in [2.75, 3.05) is 0 Å². The summed E-state index contributed by atoms with van der Waals surface area (Å²) in [5.74, 6) is 0. The number of para-hydroxylation sites is 1. The molecule has 0 saturated heterocycles. The van der Waals surface area contributed by atoms with E-state index in [0.717, 1.165) is 32.0 Å². The Morgan fingerprint density at radius 2 is 1.75 bits per heavy atom. The molecule has 0 radical (unpaired) electrons. The molecule has 4 rings (SSSR count). The molecular weight excluding hydrogens is 362 g/mol. The van der Waals surface area contributed by atoms with Crippen LogP contribution < -0.4 is 0 Å². The van der Waals surface area contributed by atoms with Crippen molar-refractivity contribution >= 4 is 43.4 Å². The standard InChI is InChI=1S/C20H10BrN3/c1-23-15-9-14(21)10-16(11-15)24-19-5-3-2-4-17(19)18-8-13(12-22)6-7-20(18)24/h2-11H. The van der Waals surface area contributed by atoms with Gasteiger partial charge in [-0.2, -0.15) is 5.26 Å². The molecule has 1 heterocycles. The first-order valence-corrected chi connectivity index (χ1v) is 8.12. The molecule has 0 saturated carbocycles. The molecule has 1 aromatic heterocycles. The van der Waals surface area contributed by atoms with Crippen LogP contribution >= 0.6 is 15.9 Å². The molecule has 0 N–H and O–H groups in total. The third-order valence-electron chi connectivity index (χ3n) is 4.06. The summed E-state index contributed by atoms with van der Waals surface area (Å²) in [7, 11) is 0. The van der Waals surface area contributed by atoms with Gasteiger partial charge < -0.3 is 4.57 Å². The highest BCUT2D eigenvalue weighted by Gasteiger charge is 2.13. The van der Waals surface area contributed by atoms with Crippen molar-refractivity contribution in [2.24, 2.45) is 0 Å². The lowest BCUT2D eigenvalue weighted by Crippen LogP contribution is -1.93. The second-order valence-electron chi connectivity index (χ2n) is 5.48. The van der Waals surface area contributed by atoms with Gasteiger partial charge in [-0.15, -0.1) is 0 Å². The smallest absolute Gasteiger partial charge is 0.190 e. The molecule has 0 bridgehead atoms. The van der Waals surface area contributed by atoms with E-state index in [2.05, 4.69) is 43.5 Å². The zero-order valence-corrected chi connectivity index (χ0v) is 14.1. The minimum atomic E-state index is 0.582. The van der Waals surface area contributed by atoms with Gasteiger partial charge in [-0.3, -0.25) is 0 Å². The molecule has 0 aliphatic rings. The summed E-state index contributed by atoms with van der Waals surface area (Å²) in [6.07, 6.45) is 0. The van der Waals surface area contributed by atoms with Crippen LogP contribution in [0, 0.1) is 17.9 Å². The Balaban J connectivity index is 2.17. The number of nitriles is 1. The predicted octanol–water partition coefficient (Wildman–Crippen LogP) is 5.97. The average molecular weight is 372 g/mol. The number of fused-ring (bicyclic) bond motifs is 3. The minimum absolute atomic E-state index is 0.582. The highest BCUT2D eigenvalue weighted by Crippen LogP contribution is 2.34. The van der Waals surface area contributed by atoms with Crippen LogP contribution in [0.3, 0.4) is 0 Å². The first-order chi connectivity index (χ1) is 11.7. The number of nitrogens with zero attached hydrogens (tertiary/aromatic N) is 3. The van der Waals surface area contributed by atoms with Crippen molar-refractivity contribution in [3.05, 3.63) is 82.1 Å². The third kappa shape index (κ3) is 2.17. The fraction of sp³-hybridized carbons (Fsp3) is 0. The van der Waals surface area contributed by atoms with E-state index >= 15 is 0 Å². The Bertz CT molecular complexity index is 1190. The van der Waals surface area contributed by atoms with Gasteiger partial charge in [0.05, 0.1) is 29.2 Å². The Morgan fingerprint density at radius 1 is 0.958 bits per heavy atom.